The highest BCUT2D eigenvalue weighted by atomic mass is 79.9. The number of hydrogen-bond acceptors (Lipinski definition) is 4. The molecule has 1 aromatic rings. The van der Waals surface area contributed by atoms with Crippen LogP contribution in [0.4, 0.5) is 0 Å². The minimum absolute atomic E-state index is 0.110. The number of thiophene rings is 1. The minimum atomic E-state index is -1.30. The van der Waals surface area contributed by atoms with Crippen molar-refractivity contribution in [1.82, 2.24) is 4.72 Å². The van der Waals surface area contributed by atoms with Gasteiger partial charge in [-0.3, -0.25) is 4.79 Å². The Morgan fingerprint density at radius 2 is 1.83 bits per heavy atom. The van der Waals surface area contributed by atoms with Crippen LogP contribution in [0.1, 0.15) is 59.8 Å². The zero-order chi connectivity index (χ0) is 18.1. The van der Waals surface area contributed by atoms with Gasteiger partial charge in [0.15, 0.2) is 0 Å². The van der Waals surface area contributed by atoms with Crippen molar-refractivity contribution in [2.24, 2.45) is 0 Å². The number of hydrogen-bond donors (Lipinski definition) is 1. The Labute approximate surface area is 154 Å². The third-order valence-electron chi connectivity index (χ3n) is 2.90. The van der Waals surface area contributed by atoms with Crippen molar-refractivity contribution >= 4 is 44.2 Å². The standard InChI is InChI=1S/C16H26BrNO3S2/c1-14(2,3)21-13(19)9-16(7,12-8-11(17)10-22-12)18-23(20)15(4,5)6/h8,10,18H,9H2,1-7H3/t16-,23+/m0/s1. The van der Waals surface area contributed by atoms with Crippen molar-refractivity contribution in [3.05, 3.63) is 20.8 Å². The highest BCUT2D eigenvalue weighted by Crippen LogP contribution is 2.34. The Morgan fingerprint density at radius 3 is 2.22 bits per heavy atom. The molecule has 0 radical (unpaired) electrons. The number of nitrogens with one attached hydrogen (secondary N) is 1. The van der Waals surface area contributed by atoms with Crippen molar-refractivity contribution in [3.8, 4) is 0 Å². The molecule has 0 aliphatic rings. The summed E-state index contributed by atoms with van der Waals surface area (Å²) in [6, 6.07) is 1.95. The molecule has 1 heterocycles. The smallest absolute Gasteiger partial charge is 0.308 e. The van der Waals surface area contributed by atoms with Gasteiger partial charge in [0.25, 0.3) is 0 Å². The van der Waals surface area contributed by atoms with E-state index in [0.29, 0.717) is 0 Å². The molecular weight excluding hydrogens is 398 g/mol. The zero-order valence-corrected chi connectivity index (χ0v) is 18.0. The van der Waals surface area contributed by atoms with Gasteiger partial charge in [0.1, 0.15) is 5.60 Å². The van der Waals surface area contributed by atoms with Crippen LogP contribution < -0.4 is 4.72 Å². The average molecular weight is 424 g/mol. The topological polar surface area (TPSA) is 55.4 Å². The van der Waals surface area contributed by atoms with Crippen molar-refractivity contribution in [1.29, 1.82) is 0 Å². The summed E-state index contributed by atoms with van der Waals surface area (Å²) in [5.74, 6) is -0.317. The molecule has 132 valence electrons. The number of esters is 1. The Morgan fingerprint density at radius 1 is 1.26 bits per heavy atom. The average Bonchev–Trinajstić information content (AvgIpc) is 2.72. The van der Waals surface area contributed by atoms with Crippen molar-refractivity contribution in [2.45, 2.75) is 70.8 Å². The van der Waals surface area contributed by atoms with Crippen LogP contribution in [-0.2, 0) is 26.1 Å². The second kappa shape index (κ2) is 7.33. The molecule has 0 fully saturated rings. The van der Waals surface area contributed by atoms with E-state index in [9.17, 15) is 9.00 Å². The fourth-order valence-corrected chi connectivity index (χ4v) is 4.31. The predicted octanol–water partition coefficient (Wildman–Crippen LogP) is 4.51. The molecular formula is C16H26BrNO3S2. The molecule has 0 spiro atoms. The lowest BCUT2D eigenvalue weighted by atomic mass is 9.97. The number of rotatable bonds is 5. The van der Waals surface area contributed by atoms with Gasteiger partial charge in [-0.25, -0.2) is 8.93 Å². The van der Waals surface area contributed by atoms with Crippen LogP contribution in [0, 0.1) is 0 Å². The lowest BCUT2D eigenvalue weighted by Crippen LogP contribution is -2.47. The molecule has 0 aliphatic heterocycles. The maximum Gasteiger partial charge on any atom is 0.308 e. The molecule has 0 aliphatic carbocycles. The van der Waals surface area contributed by atoms with E-state index in [4.69, 9.17) is 4.74 Å². The number of carbonyl (C=O) groups excluding carboxylic acids is 1. The first kappa shape index (κ1) is 20.8. The van der Waals surface area contributed by atoms with E-state index < -0.39 is 26.9 Å². The maximum absolute atomic E-state index is 12.6. The first-order valence-electron chi connectivity index (χ1n) is 7.39. The second-order valence-electron chi connectivity index (χ2n) is 7.71. The van der Waals surface area contributed by atoms with Crippen LogP contribution in [0.3, 0.4) is 0 Å². The molecule has 0 bridgehead atoms. The molecule has 1 rings (SSSR count). The summed E-state index contributed by atoms with van der Waals surface area (Å²) in [6.45, 7) is 13.1. The summed E-state index contributed by atoms with van der Waals surface area (Å²) in [6.07, 6.45) is 0.110. The van der Waals surface area contributed by atoms with Gasteiger partial charge >= 0.3 is 5.97 Å². The minimum Gasteiger partial charge on any atom is -0.460 e. The van der Waals surface area contributed by atoms with E-state index in [2.05, 4.69) is 20.7 Å². The van der Waals surface area contributed by atoms with E-state index in [-0.39, 0.29) is 12.4 Å². The number of halogens is 1. The van der Waals surface area contributed by atoms with E-state index >= 15 is 0 Å². The molecule has 1 N–H and O–H groups in total. The third-order valence-corrected chi connectivity index (χ3v) is 6.61. The summed E-state index contributed by atoms with van der Waals surface area (Å²) in [5, 5.41) is 1.95. The second-order valence-corrected chi connectivity index (χ2v) is 11.5. The first-order valence-corrected chi connectivity index (χ1v) is 10.2. The number of ether oxygens (including phenoxy) is 1. The monoisotopic (exact) mass is 423 g/mol. The first-order chi connectivity index (χ1) is 10.2. The van der Waals surface area contributed by atoms with E-state index in [0.717, 1.165) is 9.35 Å². The van der Waals surface area contributed by atoms with Crippen molar-refractivity contribution in [3.63, 3.8) is 0 Å². The van der Waals surface area contributed by atoms with Crippen LogP contribution in [0.25, 0.3) is 0 Å². The maximum atomic E-state index is 12.6. The summed E-state index contributed by atoms with van der Waals surface area (Å²) >= 11 is 4.95. The summed E-state index contributed by atoms with van der Waals surface area (Å²) in [5.41, 5.74) is -1.30. The Bertz CT molecular complexity index is 587. The fourth-order valence-electron chi connectivity index (χ4n) is 1.80. The third kappa shape index (κ3) is 6.64. The van der Waals surface area contributed by atoms with Gasteiger partial charge in [-0.2, -0.15) is 0 Å². The van der Waals surface area contributed by atoms with Crippen molar-refractivity contribution in [2.75, 3.05) is 0 Å². The molecule has 7 heteroatoms. The number of carbonyl (C=O) groups is 1. The van der Waals surface area contributed by atoms with E-state index in [1.165, 1.54) is 11.3 Å². The lowest BCUT2D eigenvalue weighted by molar-refractivity contribution is -0.156. The molecule has 23 heavy (non-hydrogen) atoms. The molecule has 0 unspecified atom stereocenters. The van der Waals surface area contributed by atoms with Crippen molar-refractivity contribution < 1.29 is 13.7 Å². The largest absolute Gasteiger partial charge is 0.460 e. The van der Waals surface area contributed by atoms with E-state index in [1.807, 2.05) is 59.9 Å². The van der Waals surface area contributed by atoms with Gasteiger partial charge in [0.05, 0.1) is 27.7 Å². The van der Waals surface area contributed by atoms with Gasteiger partial charge in [0, 0.05) is 14.7 Å². The summed E-state index contributed by atoms with van der Waals surface area (Å²) in [7, 11) is -1.30. The highest BCUT2D eigenvalue weighted by molar-refractivity contribution is 9.10. The van der Waals surface area contributed by atoms with Crippen LogP contribution in [0.15, 0.2) is 15.9 Å². The fraction of sp³-hybridized carbons (Fsp3) is 0.688. The summed E-state index contributed by atoms with van der Waals surface area (Å²) < 4.78 is 21.7. The normalized spacial score (nSPS) is 16.7. The Hall–Kier alpha value is -0.240. The highest BCUT2D eigenvalue weighted by Gasteiger charge is 2.37. The van der Waals surface area contributed by atoms with Crippen LogP contribution in [0.5, 0.6) is 0 Å². The zero-order valence-electron chi connectivity index (χ0n) is 14.8. The van der Waals surface area contributed by atoms with Gasteiger partial charge in [-0.1, -0.05) is 0 Å². The van der Waals surface area contributed by atoms with Crippen LogP contribution in [0.2, 0.25) is 0 Å². The quantitative estimate of drug-likeness (QED) is 0.708. The van der Waals surface area contributed by atoms with Crippen LogP contribution in [-0.4, -0.2) is 20.5 Å². The Balaban J connectivity index is 3.07. The molecule has 2 atom stereocenters. The molecule has 0 aromatic carbocycles. The molecule has 0 saturated carbocycles. The van der Waals surface area contributed by atoms with Gasteiger partial charge in [0.2, 0.25) is 0 Å². The molecule has 1 aromatic heterocycles. The van der Waals surface area contributed by atoms with Crippen LogP contribution >= 0.6 is 27.3 Å². The van der Waals surface area contributed by atoms with E-state index in [1.54, 1.807) is 0 Å². The van der Waals surface area contributed by atoms with Gasteiger partial charge < -0.3 is 4.74 Å². The Kier molecular flexibility index (Phi) is 6.63. The molecule has 0 saturated heterocycles. The van der Waals surface area contributed by atoms with Gasteiger partial charge in [-0.15, -0.1) is 11.3 Å². The summed E-state index contributed by atoms with van der Waals surface area (Å²) in [4.78, 5) is 13.3. The lowest BCUT2D eigenvalue weighted by Gasteiger charge is -2.33. The molecule has 0 amide bonds. The molecule has 4 nitrogen and oxygen atoms in total. The SMILES string of the molecule is CC(C)(C)OC(=O)C[C@](C)(N[S@](=O)C(C)(C)C)c1cc(Br)cs1. The predicted molar refractivity (Wildman–Crippen MR) is 101 cm³/mol. The van der Waals surface area contributed by atoms with Gasteiger partial charge in [-0.05, 0) is 70.5 Å².